The number of piperidine rings is 1. The van der Waals surface area contributed by atoms with Gasteiger partial charge in [-0.15, -0.1) is 0 Å². The van der Waals surface area contributed by atoms with Crippen LogP contribution in [-0.2, 0) is 4.79 Å². The number of hydrogen-bond acceptors (Lipinski definition) is 5. The summed E-state index contributed by atoms with van der Waals surface area (Å²) >= 11 is 0. The van der Waals surface area contributed by atoms with Crippen molar-refractivity contribution in [1.29, 1.82) is 0 Å². The maximum atomic E-state index is 11.1. The predicted octanol–water partition coefficient (Wildman–Crippen LogP) is 5.12. The number of hydrogen-bond donors (Lipinski definition) is 1. The molecule has 2 heterocycles. The summed E-state index contributed by atoms with van der Waals surface area (Å²) in [6.07, 6.45) is 2.93. The number of benzene rings is 3. The SMILES string of the molecule is COc1cccc(C2COc3cc(O)ccc3C2c2ccc(N3CCC(C=O)CC3)cc2)c1. The molecule has 5 nitrogen and oxygen atoms in total. The summed E-state index contributed by atoms with van der Waals surface area (Å²) in [5.41, 5.74) is 4.65. The number of anilines is 1. The van der Waals surface area contributed by atoms with Crippen molar-refractivity contribution < 1.29 is 19.4 Å². The van der Waals surface area contributed by atoms with Crippen LogP contribution in [0.2, 0.25) is 0 Å². The summed E-state index contributed by atoms with van der Waals surface area (Å²) in [6, 6.07) is 22.4. The lowest BCUT2D eigenvalue weighted by molar-refractivity contribution is -0.111. The molecule has 2 unspecified atom stereocenters. The highest BCUT2D eigenvalue weighted by Gasteiger charge is 2.34. The van der Waals surface area contributed by atoms with Crippen LogP contribution >= 0.6 is 0 Å². The fourth-order valence-electron chi connectivity index (χ4n) is 5.16. The quantitative estimate of drug-likeness (QED) is 0.555. The van der Waals surface area contributed by atoms with Gasteiger partial charge in [0.1, 0.15) is 23.5 Å². The van der Waals surface area contributed by atoms with Gasteiger partial charge in [-0.2, -0.15) is 0 Å². The number of nitrogens with zero attached hydrogens (tertiary/aromatic N) is 1. The van der Waals surface area contributed by atoms with Crippen molar-refractivity contribution in [2.24, 2.45) is 5.92 Å². The Morgan fingerprint density at radius 3 is 2.52 bits per heavy atom. The molecule has 0 bridgehead atoms. The van der Waals surface area contributed by atoms with E-state index in [1.165, 1.54) is 11.3 Å². The van der Waals surface area contributed by atoms with Crippen LogP contribution in [0.3, 0.4) is 0 Å². The Morgan fingerprint density at radius 2 is 1.79 bits per heavy atom. The monoisotopic (exact) mass is 443 g/mol. The lowest BCUT2D eigenvalue weighted by atomic mass is 9.76. The van der Waals surface area contributed by atoms with E-state index >= 15 is 0 Å². The molecule has 1 fully saturated rings. The lowest BCUT2D eigenvalue weighted by Gasteiger charge is -2.35. The first-order chi connectivity index (χ1) is 16.2. The Bertz CT molecular complexity index is 1120. The van der Waals surface area contributed by atoms with E-state index in [4.69, 9.17) is 9.47 Å². The number of ether oxygens (including phenoxy) is 2. The maximum Gasteiger partial charge on any atom is 0.126 e. The summed E-state index contributed by atoms with van der Waals surface area (Å²) in [4.78, 5) is 13.4. The van der Waals surface area contributed by atoms with E-state index in [2.05, 4.69) is 41.3 Å². The standard InChI is InChI=1S/C28H29NO4/c1-32-24-4-2-3-21(15-24)26-18-33-27-16-23(31)9-10-25(27)28(26)20-5-7-22(8-6-20)29-13-11-19(17-30)12-14-29/h2-10,15-17,19,26,28,31H,11-14,18H2,1H3. The fraction of sp³-hybridized carbons (Fsp3) is 0.321. The first kappa shape index (κ1) is 21.4. The summed E-state index contributed by atoms with van der Waals surface area (Å²) in [7, 11) is 1.68. The predicted molar refractivity (Wildman–Crippen MR) is 129 cm³/mol. The molecule has 1 N–H and O–H groups in total. The van der Waals surface area contributed by atoms with Crippen LogP contribution in [-0.4, -0.2) is 38.2 Å². The molecule has 0 amide bonds. The molecule has 3 aromatic rings. The third kappa shape index (κ3) is 4.28. The third-order valence-electron chi connectivity index (χ3n) is 7.02. The molecule has 5 rings (SSSR count). The largest absolute Gasteiger partial charge is 0.508 e. The average molecular weight is 444 g/mol. The number of aromatic hydroxyl groups is 1. The van der Waals surface area contributed by atoms with Crippen molar-refractivity contribution in [3.05, 3.63) is 83.4 Å². The average Bonchev–Trinajstić information content (AvgIpc) is 2.88. The number of aldehydes is 1. The zero-order valence-electron chi connectivity index (χ0n) is 18.8. The van der Waals surface area contributed by atoms with Gasteiger partial charge >= 0.3 is 0 Å². The number of fused-ring (bicyclic) bond motifs is 1. The van der Waals surface area contributed by atoms with Crippen molar-refractivity contribution in [2.75, 3.05) is 31.7 Å². The maximum absolute atomic E-state index is 11.1. The van der Waals surface area contributed by atoms with Crippen molar-refractivity contribution >= 4 is 12.0 Å². The molecule has 0 aliphatic carbocycles. The minimum Gasteiger partial charge on any atom is -0.508 e. The van der Waals surface area contributed by atoms with Crippen LogP contribution in [0.4, 0.5) is 5.69 Å². The highest BCUT2D eigenvalue weighted by Crippen LogP contribution is 2.47. The number of phenols is 1. The van der Waals surface area contributed by atoms with Crippen LogP contribution in [0.15, 0.2) is 66.7 Å². The molecule has 5 heteroatoms. The molecule has 0 radical (unpaired) electrons. The van der Waals surface area contributed by atoms with Crippen LogP contribution in [0, 0.1) is 5.92 Å². The zero-order chi connectivity index (χ0) is 22.8. The molecule has 33 heavy (non-hydrogen) atoms. The molecule has 0 aromatic heterocycles. The Morgan fingerprint density at radius 1 is 1.00 bits per heavy atom. The summed E-state index contributed by atoms with van der Waals surface area (Å²) < 4.78 is 11.6. The van der Waals surface area contributed by atoms with Gasteiger partial charge in [0.15, 0.2) is 0 Å². The third-order valence-corrected chi connectivity index (χ3v) is 7.02. The highest BCUT2D eigenvalue weighted by atomic mass is 16.5. The Kier molecular flexibility index (Phi) is 5.95. The molecule has 170 valence electrons. The smallest absolute Gasteiger partial charge is 0.126 e. The van der Waals surface area contributed by atoms with Gasteiger partial charge in [-0.25, -0.2) is 0 Å². The van der Waals surface area contributed by atoms with E-state index in [1.807, 2.05) is 18.2 Å². The number of rotatable bonds is 5. The molecule has 0 spiro atoms. The molecular formula is C28H29NO4. The second-order valence-electron chi connectivity index (χ2n) is 8.95. The lowest BCUT2D eigenvalue weighted by Crippen LogP contribution is -2.34. The summed E-state index contributed by atoms with van der Waals surface area (Å²) in [6.45, 7) is 2.35. The zero-order valence-corrected chi connectivity index (χ0v) is 18.8. The van der Waals surface area contributed by atoms with Crippen LogP contribution < -0.4 is 14.4 Å². The Labute approximate surface area is 194 Å². The molecule has 3 aromatic carbocycles. The molecule has 2 aliphatic rings. The van der Waals surface area contributed by atoms with Crippen molar-refractivity contribution in [3.63, 3.8) is 0 Å². The summed E-state index contributed by atoms with van der Waals surface area (Å²) in [5.74, 6) is 2.18. The van der Waals surface area contributed by atoms with Crippen LogP contribution in [0.5, 0.6) is 17.2 Å². The molecular weight excluding hydrogens is 414 g/mol. The molecule has 2 aliphatic heterocycles. The van der Waals surface area contributed by atoms with Crippen LogP contribution in [0.25, 0.3) is 0 Å². The van der Waals surface area contributed by atoms with E-state index in [9.17, 15) is 9.90 Å². The van der Waals surface area contributed by atoms with Crippen molar-refractivity contribution in [1.82, 2.24) is 0 Å². The van der Waals surface area contributed by atoms with E-state index in [0.29, 0.717) is 6.61 Å². The second kappa shape index (κ2) is 9.18. The van der Waals surface area contributed by atoms with Gasteiger partial charge in [0.05, 0.1) is 13.7 Å². The van der Waals surface area contributed by atoms with Gasteiger partial charge < -0.3 is 24.3 Å². The van der Waals surface area contributed by atoms with Gasteiger partial charge in [0.2, 0.25) is 0 Å². The minimum absolute atomic E-state index is 0.0938. The molecule has 2 atom stereocenters. The van der Waals surface area contributed by atoms with Gasteiger partial charge in [-0.05, 0) is 54.3 Å². The molecule has 0 saturated carbocycles. The first-order valence-electron chi connectivity index (χ1n) is 11.6. The van der Waals surface area contributed by atoms with Gasteiger partial charge in [-0.3, -0.25) is 0 Å². The van der Waals surface area contributed by atoms with Gasteiger partial charge in [0.25, 0.3) is 0 Å². The normalized spacial score (nSPS) is 20.6. The fourth-order valence-corrected chi connectivity index (χ4v) is 5.16. The Balaban J connectivity index is 1.49. The van der Waals surface area contributed by atoms with Gasteiger partial charge in [-0.1, -0.05) is 30.3 Å². The Hall–Kier alpha value is -3.47. The van der Waals surface area contributed by atoms with Crippen molar-refractivity contribution in [3.8, 4) is 17.2 Å². The second-order valence-corrected chi connectivity index (χ2v) is 8.95. The topological polar surface area (TPSA) is 59.0 Å². The summed E-state index contributed by atoms with van der Waals surface area (Å²) in [5, 5.41) is 9.99. The van der Waals surface area contributed by atoms with E-state index < -0.39 is 0 Å². The van der Waals surface area contributed by atoms with Crippen molar-refractivity contribution in [2.45, 2.75) is 24.7 Å². The number of carbonyl (C=O) groups is 1. The number of carbonyl (C=O) groups excluding carboxylic acids is 1. The first-order valence-corrected chi connectivity index (χ1v) is 11.6. The van der Waals surface area contributed by atoms with E-state index in [1.54, 1.807) is 19.2 Å². The number of phenolic OH excluding ortho intramolecular Hbond substituents is 1. The highest BCUT2D eigenvalue weighted by molar-refractivity contribution is 5.57. The minimum atomic E-state index is 0.0938. The number of methoxy groups -OCH3 is 1. The van der Waals surface area contributed by atoms with Gasteiger partial charge in [0, 0.05) is 48.2 Å². The van der Waals surface area contributed by atoms with E-state index in [-0.39, 0.29) is 23.5 Å². The van der Waals surface area contributed by atoms with E-state index in [0.717, 1.165) is 54.8 Å². The van der Waals surface area contributed by atoms with Crippen LogP contribution in [0.1, 0.15) is 41.4 Å². The molecule has 1 saturated heterocycles.